The fourth-order valence-corrected chi connectivity index (χ4v) is 1.22. The molecule has 1 N–H and O–H groups in total. The second kappa shape index (κ2) is 7.86. The third-order valence-corrected chi connectivity index (χ3v) is 2.03. The Morgan fingerprint density at radius 3 is 2.47 bits per heavy atom. The van der Waals surface area contributed by atoms with E-state index in [9.17, 15) is 9.59 Å². The van der Waals surface area contributed by atoms with Crippen molar-refractivity contribution in [3.05, 3.63) is 29.8 Å². The van der Waals surface area contributed by atoms with Gasteiger partial charge >= 0.3 is 11.9 Å². The Balaban J connectivity index is 2.48. The number of carbonyl (C=O) groups is 2. The van der Waals surface area contributed by atoms with E-state index >= 15 is 0 Å². The average molecular weight is 264 g/mol. The molecular weight excluding hydrogens is 248 g/mol. The van der Waals surface area contributed by atoms with Crippen molar-refractivity contribution in [1.82, 2.24) is 5.43 Å². The van der Waals surface area contributed by atoms with E-state index in [2.05, 4.69) is 15.3 Å². The van der Waals surface area contributed by atoms with Crippen LogP contribution in [-0.4, -0.2) is 31.3 Å². The van der Waals surface area contributed by atoms with Crippen molar-refractivity contribution >= 4 is 18.1 Å². The van der Waals surface area contributed by atoms with Gasteiger partial charge in [0.05, 0.1) is 19.4 Å². The van der Waals surface area contributed by atoms with Crippen molar-refractivity contribution in [2.75, 3.05) is 13.2 Å². The van der Waals surface area contributed by atoms with E-state index in [1.54, 1.807) is 31.2 Å². The molecule has 0 heterocycles. The molecule has 0 aliphatic carbocycles. The van der Waals surface area contributed by atoms with Crippen LogP contribution < -0.4 is 10.2 Å². The van der Waals surface area contributed by atoms with Gasteiger partial charge in [-0.15, -0.1) is 0 Å². The summed E-state index contributed by atoms with van der Waals surface area (Å²) in [5.41, 5.74) is 2.85. The Hall–Kier alpha value is -2.37. The fraction of sp³-hybridized carbons (Fsp3) is 0.308. The van der Waals surface area contributed by atoms with E-state index < -0.39 is 11.9 Å². The number of hydrogen-bond donors (Lipinski definition) is 1. The minimum atomic E-state index is -0.952. The lowest BCUT2D eigenvalue weighted by molar-refractivity contribution is -0.154. The van der Waals surface area contributed by atoms with Gasteiger partial charge in [0.15, 0.2) is 0 Å². The summed E-state index contributed by atoms with van der Waals surface area (Å²) < 4.78 is 9.79. The first-order valence-electron chi connectivity index (χ1n) is 5.90. The first-order chi connectivity index (χ1) is 9.17. The maximum absolute atomic E-state index is 11.1. The summed E-state index contributed by atoms with van der Waals surface area (Å²) >= 11 is 0. The summed E-state index contributed by atoms with van der Waals surface area (Å²) in [7, 11) is 0. The van der Waals surface area contributed by atoms with Crippen molar-refractivity contribution in [2.24, 2.45) is 5.10 Å². The molecule has 0 saturated carbocycles. The molecule has 102 valence electrons. The zero-order chi connectivity index (χ0) is 14.1. The molecule has 0 unspecified atom stereocenters. The number of hydrogen-bond acceptors (Lipinski definition) is 5. The first kappa shape index (κ1) is 14.7. The SMILES string of the molecule is CCOC(=O)C(=O)NN=Cc1ccc(OCC)cc1. The number of benzene rings is 1. The lowest BCUT2D eigenvalue weighted by Gasteiger charge is -2.02. The Labute approximate surface area is 111 Å². The van der Waals surface area contributed by atoms with Gasteiger partial charge in [0, 0.05) is 0 Å². The molecule has 1 amide bonds. The summed E-state index contributed by atoms with van der Waals surface area (Å²) in [6, 6.07) is 7.14. The van der Waals surface area contributed by atoms with Crippen LogP contribution in [0.1, 0.15) is 19.4 Å². The first-order valence-corrected chi connectivity index (χ1v) is 5.90. The number of nitrogens with one attached hydrogen (secondary N) is 1. The summed E-state index contributed by atoms with van der Waals surface area (Å²) in [5.74, 6) is -1.09. The Morgan fingerprint density at radius 1 is 1.21 bits per heavy atom. The molecule has 0 aliphatic heterocycles. The van der Waals surface area contributed by atoms with Crippen LogP contribution in [0, 0.1) is 0 Å². The van der Waals surface area contributed by atoms with Crippen LogP contribution in [0.25, 0.3) is 0 Å². The predicted molar refractivity (Wildman–Crippen MR) is 70.0 cm³/mol. The molecule has 0 fully saturated rings. The van der Waals surface area contributed by atoms with Crippen LogP contribution in [0.3, 0.4) is 0 Å². The molecule has 0 saturated heterocycles. The van der Waals surface area contributed by atoms with E-state index in [1.165, 1.54) is 6.21 Å². The maximum Gasteiger partial charge on any atom is 0.398 e. The number of rotatable bonds is 5. The quantitative estimate of drug-likeness (QED) is 0.374. The van der Waals surface area contributed by atoms with Gasteiger partial charge in [-0.2, -0.15) is 5.10 Å². The molecule has 6 nitrogen and oxygen atoms in total. The number of carbonyl (C=O) groups excluding carboxylic acids is 2. The lowest BCUT2D eigenvalue weighted by Crippen LogP contribution is -2.28. The van der Waals surface area contributed by atoms with Gasteiger partial charge in [-0.25, -0.2) is 10.2 Å². The summed E-state index contributed by atoms with van der Waals surface area (Å²) in [6.45, 7) is 4.27. The number of nitrogens with zero attached hydrogens (tertiary/aromatic N) is 1. The van der Waals surface area contributed by atoms with E-state index in [1.807, 2.05) is 6.92 Å². The normalized spacial score (nSPS) is 10.2. The number of amides is 1. The second-order valence-corrected chi connectivity index (χ2v) is 3.42. The molecule has 0 radical (unpaired) electrons. The summed E-state index contributed by atoms with van der Waals surface area (Å²) in [4.78, 5) is 22.1. The Kier molecular flexibility index (Phi) is 6.08. The number of ether oxygens (including phenoxy) is 2. The minimum absolute atomic E-state index is 0.148. The van der Waals surface area contributed by atoms with Gasteiger partial charge in [-0.05, 0) is 43.7 Å². The molecule has 1 aromatic carbocycles. The highest BCUT2D eigenvalue weighted by Gasteiger charge is 2.12. The lowest BCUT2D eigenvalue weighted by atomic mass is 10.2. The molecule has 1 aromatic rings. The molecule has 19 heavy (non-hydrogen) atoms. The monoisotopic (exact) mass is 264 g/mol. The van der Waals surface area contributed by atoms with E-state index in [0.29, 0.717) is 6.61 Å². The second-order valence-electron chi connectivity index (χ2n) is 3.42. The molecule has 0 aromatic heterocycles. The standard InChI is InChI=1S/C13H16N2O4/c1-3-18-11-7-5-10(6-8-11)9-14-15-12(16)13(17)19-4-2/h5-9H,3-4H2,1-2H3,(H,15,16). The number of hydrazone groups is 1. The molecular formula is C13H16N2O4. The van der Waals surface area contributed by atoms with Crippen molar-refractivity contribution in [1.29, 1.82) is 0 Å². The van der Waals surface area contributed by atoms with E-state index in [-0.39, 0.29) is 6.61 Å². The van der Waals surface area contributed by atoms with Crippen LogP contribution in [0.5, 0.6) is 5.75 Å². The molecule has 1 rings (SSSR count). The maximum atomic E-state index is 11.1. The molecule has 0 aliphatic rings. The van der Waals surface area contributed by atoms with Gasteiger partial charge in [-0.3, -0.25) is 4.79 Å². The van der Waals surface area contributed by atoms with Gasteiger partial charge in [0.2, 0.25) is 0 Å². The third-order valence-electron chi connectivity index (χ3n) is 2.03. The van der Waals surface area contributed by atoms with E-state index in [4.69, 9.17) is 4.74 Å². The fourth-order valence-electron chi connectivity index (χ4n) is 1.22. The smallest absolute Gasteiger partial charge is 0.398 e. The molecule has 0 atom stereocenters. The molecule has 0 spiro atoms. The summed E-state index contributed by atoms with van der Waals surface area (Å²) in [6.07, 6.45) is 1.42. The average Bonchev–Trinajstić information content (AvgIpc) is 2.41. The topological polar surface area (TPSA) is 77.0 Å². The van der Waals surface area contributed by atoms with Crippen molar-refractivity contribution in [3.8, 4) is 5.75 Å². The molecule has 0 bridgehead atoms. The van der Waals surface area contributed by atoms with Crippen molar-refractivity contribution in [2.45, 2.75) is 13.8 Å². The van der Waals surface area contributed by atoms with Gasteiger partial charge in [-0.1, -0.05) is 0 Å². The van der Waals surface area contributed by atoms with Crippen LogP contribution in [0.4, 0.5) is 0 Å². The number of esters is 1. The minimum Gasteiger partial charge on any atom is -0.494 e. The highest BCUT2D eigenvalue weighted by molar-refractivity contribution is 6.32. The highest BCUT2D eigenvalue weighted by Crippen LogP contribution is 2.10. The Bertz CT molecular complexity index is 454. The predicted octanol–water partition coefficient (Wildman–Crippen LogP) is 1.10. The zero-order valence-corrected chi connectivity index (χ0v) is 10.9. The summed E-state index contributed by atoms with van der Waals surface area (Å²) in [5, 5.41) is 3.65. The van der Waals surface area contributed by atoms with Crippen LogP contribution in [0.15, 0.2) is 29.4 Å². The largest absolute Gasteiger partial charge is 0.494 e. The van der Waals surface area contributed by atoms with Crippen molar-refractivity contribution in [3.63, 3.8) is 0 Å². The van der Waals surface area contributed by atoms with Gasteiger partial charge in [0.25, 0.3) is 0 Å². The van der Waals surface area contributed by atoms with Crippen molar-refractivity contribution < 1.29 is 19.1 Å². The van der Waals surface area contributed by atoms with Gasteiger partial charge < -0.3 is 9.47 Å². The van der Waals surface area contributed by atoms with Crippen LogP contribution in [-0.2, 0) is 14.3 Å². The van der Waals surface area contributed by atoms with Crippen LogP contribution >= 0.6 is 0 Å². The van der Waals surface area contributed by atoms with E-state index in [0.717, 1.165) is 11.3 Å². The third kappa shape index (κ3) is 5.20. The van der Waals surface area contributed by atoms with Crippen LogP contribution in [0.2, 0.25) is 0 Å². The Morgan fingerprint density at radius 2 is 1.89 bits per heavy atom. The van der Waals surface area contributed by atoms with Gasteiger partial charge in [0.1, 0.15) is 5.75 Å². The highest BCUT2D eigenvalue weighted by atomic mass is 16.5. The zero-order valence-electron chi connectivity index (χ0n) is 10.9. The molecule has 6 heteroatoms.